The van der Waals surface area contributed by atoms with Crippen molar-refractivity contribution in [3.05, 3.63) is 41.0 Å². The van der Waals surface area contributed by atoms with E-state index in [1.807, 2.05) is 15.7 Å². The van der Waals surface area contributed by atoms with Gasteiger partial charge in [0.2, 0.25) is 5.91 Å². The van der Waals surface area contributed by atoms with Crippen molar-refractivity contribution in [3.8, 4) is 0 Å². The molecule has 1 saturated heterocycles. The monoisotopic (exact) mass is 330 g/mol. The molecule has 0 aromatic carbocycles. The Labute approximate surface area is 139 Å². The van der Waals surface area contributed by atoms with Gasteiger partial charge in [0.25, 0.3) is 5.56 Å². The minimum Gasteiger partial charge on any atom is -0.350 e. The van der Waals surface area contributed by atoms with Crippen LogP contribution in [0.5, 0.6) is 0 Å². The maximum atomic E-state index is 12.3. The van der Waals surface area contributed by atoms with Gasteiger partial charge in [-0.25, -0.2) is 9.97 Å². The number of imidazole rings is 1. The molecule has 1 unspecified atom stereocenters. The number of carbonyl (C=O) groups excluding carboxylic acids is 1. The lowest BCUT2D eigenvalue weighted by atomic mass is 10.2. The predicted molar refractivity (Wildman–Crippen MR) is 89.9 cm³/mol. The second-order valence-corrected chi connectivity index (χ2v) is 6.31. The summed E-state index contributed by atoms with van der Waals surface area (Å²) in [6.45, 7) is 5.65. The lowest BCUT2D eigenvalue weighted by Crippen LogP contribution is -2.39. The topological polar surface area (TPSA) is 95.9 Å². The fraction of sp³-hybridized carbons (Fsp3) is 0.500. The number of amides is 1. The summed E-state index contributed by atoms with van der Waals surface area (Å²) in [5, 5.41) is 3.03. The first kappa shape index (κ1) is 16.2. The molecule has 1 amide bonds. The molecule has 3 heterocycles. The predicted octanol–water partition coefficient (Wildman–Crippen LogP) is 0.485. The number of hydrogen-bond acceptors (Lipinski definition) is 5. The highest BCUT2D eigenvalue weighted by Crippen LogP contribution is 2.15. The van der Waals surface area contributed by atoms with Crippen LogP contribution in [-0.2, 0) is 11.3 Å². The first-order valence-electron chi connectivity index (χ1n) is 8.13. The summed E-state index contributed by atoms with van der Waals surface area (Å²) in [5.41, 5.74) is -0.204. The highest BCUT2D eigenvalue weighted by Gasteiger charge is 2.26. The van der Waals surface area contributed by atoms with E-state index in [-0.39, 0.29) is 30.0 Å². The van der Waals surface area contributed by atoms with E-state index in [2.05, 4.69) is 34.1 Å². The molecule has 0 bridgehead atoms. The van der Waals surface area contributed by atoms with Crippen LogP contribution in [0.25, 0.3) is 0 Å². The Balaban J connectivity index is 1.57. The lowest BCUT2D eigenvalue weighted by Gasteiger charge is -2.17. The Hall–Kier alpha value is -2.64. The zero-order chi connectivity index (χ0) is 17.1. The largest absolute Gasteiger partial charge is 0.350 e. The number of rotatable bonds is 5. The second-order valence-electron chi connectivity index (χ2n) is 6.31. The van der Waals surface area contributed by atoms with E-state index < -0.39 is 0 Å². The summed E-state index contributed by atoms with van der Waals surface area (Å²) in [4.78, 5) is 37.0. The molecule has 8 heteroatoms. The third-order valence-corrected chi connectivity index (χ3v) is 4.12. The van der Waals surface area contributed by atoms with Crippen molar-refractivity contribution in [1.82, 2.24) is 24.8 Å². The molecule has 0 radical (unpaired) electrons. The molecule has 0 aliphatic carbocycles. The zero-order valence-corrected chi connectivity index (χ0v) is 13.9. The van der Waals surface area contributed by atoms with Crippen molar-refractivity contribution in [2.24, 2.45) is 0 Å². The fourth-order valence-corrected chi connectivity index (χ4v) is 3.02. The van der Waals surface area contributed by atoms with Crippen molar-refractivity contribution in [1.29, 1.82) is 0 Å². The number of nitrogens with one attached hydrogen (secondary N) is 2. The van der Waals surface area contributed by atoms with Crippen LogP contribution in [0.2, 0.25) is 0 Å². The fourth-order valence-electron chi connectivity index (χ4n) is 3.02. The van der Waals surface area contributed by atoms with Crippen LogP contribution in [-0.4, -0.2) is 44.6 Å². The highest BCUT2D eigenvalue weighted by molar-refractivity contribution is 5.76. The number of carbonyl (C=O) groups is 1. The molecule has 24 heavy (non-hydrogen) atoms. The van der Waals surface area contributed by atoms with Gasteiger partial charge in [-0.05, 0) is 6.42 Å². The summed E-state index contributed by atoms with van der Waals surface area (Å²) < 4.78 is 1.87. The normalized spacial score (nSPS) is 17.5. The Morgan fingerprint density at radius 1 is 1.42 bits per heavy atom. The van der Waals surface area contributed by atoms with Crippen LogP contribution >= 0.6 is 0 Å². The second kappa shape index (κ2) is 6.86. The van der Waals surface area contributed by atoms with Crippen LogP contribution < -0.4 is 15.8 Å². The first-order chi connectivity index (χ1) is 11.5. The molecule has 128 valence electrons. The van der Waals surface area contributed by atoms with Gasteiger partial charge >= 0.3 is 0 Å². The molecule has 2 aromatic heterocycles. The minimum atomic E-state index is -0.204. The SMILES string of the molecule is CC(C)c1nccn1CC(=O)NC1CCN(c2ncc[nH]c2=O)C1. The van der Waals surface area contributed by atoms with Gasteiger partial charge in [0.15, 0.2) is 5.82 Å². The average Bonchev–Trinajstić information content (AvgIpc) is 3.17. The number of nitrogens with zero attached hydrogens (tertiary/aromatic N) is 4. The van der Waals surface area contributed by atoms with Crippen LogP contribution in [0.15, 0.2) is 29.6 Å². The lowest BCUT2D eigenvalue weighted by molar-refractivity contribution is -0.122. The smallest absolute Gasteiger partial charge is 0.290 e. The van der Waals surface area contributed by atoms with Crippen molar-refractivity contribution in [2.75, 3.05) is 18.0 Å². The molecule has 0 saturated carbocycles. The highest BCUT2D eigenvalue weighted by atomic mass is 16.2. The third kappa shape index (κ3) is 3.47. The molecule has 1 atom stereocenters. The number of H-pyrrole nitrogens is 1. The summed E-state index contributed by atoms with van der Waals surface area (Å²) in [6.07, 6.45) is 7.41. The van der Waals surface area contributed by atoms with Gasteiger partial charge in [0.1, 0.15) is 12.4 Å². The Bertz CT molecular complexity index is 766. The van der Waals surface area contributed by atoms with Crippen molar-refractivity contribution in [3.63, 3.8) is 0 Å². The maximum absolute atomic E-state index is 12.3. The van der Waals surface area contributed by atoms with Gasteiger partial charge in [-0.15, -0.1) is 0 Å². The molecule has 2 aromatic rings. The van der Waals surface area contributed by atoms with Gasteiger partial charge in [0.05, 0.1) is 0 Å². The standard InChI is InChI=1S/C16H22N6O2/c1-11(2)14-18-6-8-22(14)10-13(23)20-12-3-7-21(9-12)15-16(24)19-5-4-17-15/h4-6,8,11-12H,3,7,9-10H2,1-2H3,(H,19,24)(H,20,23). The van der Waals surface area contributed by atoms with E-state index in [9.17, 15) is 9.59 Å². The molecule has 1 aliphatic heterocycles. The van der Waals surface area contributed by atoms with Crippen LogP contribution in [0, 0.1) is 0 Å². The van der Waals surface area contributed by atoms with E-state index in [1.165, 1.54) is 6.20 Å². The van der Waals surface area contributed by atoms with Gasteiger partial charge in [-0.3, -0.25) is 9.59 Å². The molecular formula is C16H22N6O2. The van der Waals surface area contributed by atoms with Gasteiger partial charge < -0.3 is 19.8 Å². The Morgan fingerprint density at radius 2 is 2.25 bits per heavy atom. The molecule has 8 nitrogen and oxygen atoms in total. The van der Waals surface area contributed by atoms with Crippen molar-refractivity contribution < 1.29 is 4.79 Å². The van der Waals surface area contributed by atoms with Crippen LogP contribution in [0.4, 0.5) is 5.82 Å². The van der Waals surface area contributed by atoms with Crippen molar-refractivity contribution in [2.45, 2.75) is 38.8 Å². The summed E-state index contributed by atoms with van der Waals surface area (Å²) >= 11 is 0. The summed E-state index contributed by atoms with van der Waals surface area (Å²) in [6, 6.07) is 0.0185. The molecule has 1 fully saturated rings. The minimum absolute atomic E-state index is 0.0185. The van der Waals surface area contributed by atoms with E-state index in [0.717, 1.165) is 12.2 Å². The molecule has 0 spiro atoms. The zero-order valence-electron chi connectivity index (χ0n) is 13.9. The van der Waals surface area contributed by atoms with Crippen LogP contribution in [0.1, 0.15) is 32.0 Å². The number of hydrogen-bond donors (Lipinski definition) is 2. The average molecular weight is 330 g/mol. The third-order valence-electron chi connectivity index (χ3n) is 4.12. The maximum Gasteiger partial charge on any atom is 0.290 e. The van der Waals surface area contributed by atoms with Crippen LogP contribution in [0.3, 0.4) is 0 Å². The summed E-state index contributed by atoms with van der Waals surface area (Å²) in [5.74, 6) is 1.53. The number of aromatic nitrogens is 4. The molecule has 1 aliphatic rings. The quantitative estimate of drug-likeness (QED) is 0.831. The van der Waals surface area contributed by atoms with E-state index in [4.69, 9.17) is 0 Å². The summed E-state index contributed by atoms with van der Waals surface area (Å²) in [7, 11) is 0. The van der Waals surface area contributed by atoms with Crippen molar-refractivity contribution >= 4 is 11.7 Å². The Kier molecular flexibility index (Phi) is 4.64. The molecular weight excluding hydrogens is 308 g/mol. The number of anilines is 1. The van der Waals surface area contributed by atoms with E-state index >= 15 is 0 Å². The Morgan fingerprint density at radius 3 is 3.00 bits per heavy atom. The molecule has 2 N–H and O–H groups in total. The van der Waals surface area contributed by atoms with Gasteiger partial charge in [0, 0.05) is 49.8 Å². The van der Waals surface area contributed by atoms with E-state index in [0.29, 0.717) is 18.9 Å². The van der Waals surface area contributed by atoms with Gasteiger partial charge in [-0.1, -0.05) is 13.8 Å². The first-order valence-corrected chi connectivity index (χ1v) is 8.13. The van der Waals surface area contributed by atoms with Gasteiger partial charge in [-0.2, -0.15) is 0 Å². The number of aromatic amines is 1. The molecule has 3 rings (SSSR count). The van der Waals surface area contributed by atoms with E-state index in [1.54, 1.807) is 12.4 Å².